The average Bonchev–Trinajstić information content (AvgIpc) is 2.78. The lowest BCUT2D eigenvalue weighted by Crippen LogP contribution is -2.28. The largest absolute Gasteiger partial charge is 0.497 e. The van der Waals surface area contributed by atoms with Gasteiger partial charge in [0.05, 0.1) is 23.7 Å². The molecular weight excluding hydrogens is 412 g/mol. The first kappa shape index (κ1) is 22.4. The second kappa shape index (κ2) is 9.22. The van der Waals surface area contributed by atoms with Gasteiger partial charge in [0.25, 0.3) is 15.9 Å². The number of sulfonamides is 1. The quantitative estimate of drug-likeness (QED) is 0.596. The van der Waals surface area contributed by atoms with E-state index < -0.39 is 10.0 Å². The molecule has 0 aliphatic carbocycles. The molecule has 3 rings (SSSR count). The Morgan fingerprint density at radius 3 is 2.32 bits per heavy atom. The van der Waals surface area contributed by atoms with Crippen LogP contribution in [-0.2, 0) is 10.0 Å². The molecule has 0 spiro atoms. The molecule has 7 heteroatoms. The highest BCUT2D eigenvalue weighted by Crippen LogP contribution is 2.24. The van der Waals surface area contributed by atoms with Gasteiger partial charge in [-0.05, 0) is 67.4 Å². The van der Waals surface area contributed by atoms with Crippen LogP contribution in [0.15, 0.2) is 77.7 Å². The molecule has 0 saturated carbocycles. The number of rotatable bonds is 7. The van der Waals surface area contributed by atoms with Gasteiger partial charge in [-0.25, -0.2) is 8.42 Å². The van der Waals surface area contributed by atoms with Crippen LogP contribution in [0.5, 0.6) is 5.75 Å². The van der Waals surface area contributed by atoms with Gasteiger partial charge in [0.15, 0.2) is 0 Å². The minimum absolute atomic E-state index is 0.0567. The Morgan fingerprint density at radius 1 is 1.00 bits per heavy atom. The van der Waals surface area contributed by atoms with Crippen molar-refractivity contribution in [2.24, 2.45) is 0 Å². The summed E-state index contributed by atoms with van der Waals surface area (Å²) >= 11 is 0. The minimum atomic E-state index is -3.81. The molecule has 1 N–H and O–H groups in total. The zero-order chi connectivity index (χ0) is 22.6. The van der Waals surface area contributed by atoms with Crippen molar-refractivity contribution in [2.45, 2.75) is 24.8 Å². The van der Waals surface area contributed by atoms with E-state index in [0.29, 0.717) is 5.69 Å². The SMILES string of the molecule is COc1ccc([C@H](C)NC(=O)c2cccc(S(=O)(=O)N(C)c3cccc(C)c3)c2)cc1. The summed E-state index contributed by atoms with van der Waals surface area (Å²) in [4.78, 5) is 12.8. The molecule has 6 nitrogen and oxygen atoms in total. The zero-order valence-electron chi connectivity index (χ0n) is 18.0. The molecule has 0 saturated heterocycles. The van der Waals surface area contributed by atoms with Crippen molar-refractivity contribution in [2.75, 3.05) is 18.5 Å². The van der Waals surface area contributed by atoms with Crippen LogP contribution in [0.1, 0.15) is 34.5 Å². The van der Waals surface area contributed by atoms with Gasteiger partial charge in [0.2, 0.25) is 0 Å². The third-order valence-corrected chi connectivity index (χ3v) is 6.86. The van der Waals surface area contributed by atoms with Crippen LogP contribution >= 0.6 is 0 Å². The van der Waals surface area contributed by atoms with E-state index in [1.165, 1.54) is 23.5 Å². The Morgan fingerprint density at radius 2 is 1.68 bits per heavy atom. The molecule has 0 bridgehead atoms. The van der Waals surface area contributed by atoms with E-state index in [-0.39, 0.29) is 22.4 Å². The number of amides is 1. The van der Waals surface area contributed by atoms with Crippen LogP contribution < -0.4 is 14.4 Å². The Bertz CT molecular complexity index is 1170. The first-order valence-corrected chi connectivity index (χ1v) is 11.3. The summed E-state index contributed by atoms with van der Waals surface area (Å²) in [7, 11) is -0.716. The van der Waals surface area contributed by atoms with Crippen molar-refractivity contribution in [3.8, 4) is 5.75 Å². The number of carbonyl (C=O) groups is 1. The van der Waals surface area contributed by atoms with Crippen LogP contribution in [0, 0.1) is 6.92 Å². The Kier molecular flexibility index (Phi) is 6.65. The van der Waals surface area contributed by atoms with Gasteiger partial charge in [0.1, 0.15) is 5.75 Å². The molecule has 0 radical (unpaired) electrons. The molecule has 31 heavy (non-hydrogen) atoms. The maximum Gasteiger partial charge on any atom is 0.264 e. The first-order valence-electron chi connectivity index (χ1n) is 9.83. The standard InChI is InChI=1S/C24H26N2O4S/c1-17-7-5-9-21(15-17)26(3)31(28,29)23-10-6-8-20(16-23)24(27)25-18(2)19-11-13-22(30-4)14-12-19/h5-16,18H,1-4H3,(H,25,27)/t18-/m0/s1. The predicted octanol–water partition coefficient (Wildman–Crippen LogP) is 4.32. The van der Waals surface area contributed by atoms with E-state index in [1.54, 1.807) is 37.4 Å². The van der Waals surface area contributed by atoms with Gasteiger partial charge >= 0.3 is 0 Å². The van der Waals surface area contributed by atoms with E-state index in [0.717, 1.165) is 16.9 Å². The summed E-state index contributed by atoms with van der Waals surface area (Å²) < 4.78 is 32.6. The molecule has 0 aromatic heterocycles. The lowest BCUT2D eigenvalue weighted by atomic mass is 10.1. The highest BCUT2D eigenvalue weighted by molar-refractivity contribution is 7.92. The van der Waals surface area contributed by atoms with Gasteiger partial charge in [-0.15, -0.1) is 0 Å². The number of hydrogen-bond acceptors (Lipinski definition) is 4. The Balaban J connectivity index is 1.80. The summed E-state index contributed by atoms with van der Waals surface area (Å²) in [6.45, 7) is 3.77. The third kappa shape index (κ3) is 5.06. The lowest BCUT2D eigenvalue weighted by Gasteiger charge is -2.20. The Hall–Kier alpha value is -3.32. The first-order chi connectivity index (χ1) is 14.7. The number of aryl methyl sites for hydroxylation is 1. The number of nitrogens with zero attached hydrogens (tertiary/aromatic N) is 1. The number of anilines is 1. The number of benzene rings is 3. The number of nitrogens with one attached hydrogen (secondary N) is 1. The summed E-state index contributed by atoms with van der Waals surface area (Å²) in [5.74, 6) is 0.386. The van der Waals surface area contributed by atoms with Crippen molar-refractivity contribution in [1.82, 2.24) is 5.32 Å². The van der Waals surface area contributed by atoms with Crippen LogP contribution in [0.2, 0.25) is 0 Å². The fraction of sp³-hybridized carbons (Fsp3) is 0.208. The number of ether oxygens (including phenoxy) is 1. The highest BCUT2D eigenvalue weighted by atomic mass is 32.2. The van der Waals surface area contributed by atoms with Crippen LogP contribution in [0.4, 0.5) is 5.69 Å². The average molecular weight is 439 g/mol. The molecule has 1 amide bonds. The summed E-state index contributed by atoms with van der Waals surface area (Å²) in [6, 6.07) is 20.5. The number of methoxy groups -OCH3 is 1. The normalized spacial score (nSPS) is 12.1. The third-order valence-electron chi connectivity index (χ3n) is 5.08. The Labute approximate surface area is 183 Å². The van der Waals surface area contributed by atoms with Crippen molar-refractivity contribution < 1.29 is 17.9 Å². The lowest BCUT2D eigenvalue weighted by molar-refractivity contribution is 0.0939. The van der Waals surface area contributed by atoms with E-state index in [2.05, 4.69) is 5.32 Å². The molecule has 0 aliphatic rings. The summed E-state index contributed by atoms with van der Waals surface area (Å²) in [5, 5.41) is 2.91. The van der Waals surface area contributed by atoms with E-state index in [4.69, 9.17) is 4.74 Å². The molecule has 0 fully saturated rings. The van der Waals surface area contributed by atoms with Crippen LogP contribution in [-0.4, -0.2) is 28.5 Å². The van der Waals surface area contributed by atoms with Gasteiger partial charge in [-0.2, -0.15) is 0 Å². The summed E-state index contributed by atoms with van der Waals surface area (Å²) in [6.07, 6.45) is 0. The minimum Gasteiger partial charge on any atom is -0.497 e. The monoisotopic (exact) mass is 438 g/mol. The zero-order valence-corrected chi connectivity index (χ0v) is 18.8. The summed E-state index contributed by atoms with van der Waals surface area (Å²) in [5.41, 5.74) is 2.71. The molecule has 0 unspecified atom stereocenters. The second-order valence-electron chi connectivity index (χ2n) is 7.31. The van der Waals surface area contributed by atoms with Crippen LogP contribution in [0.25, 0.3) is 0 Å². The van der Waals surface area contributed by atoms with Gasteiger partial charge < -0.3 is 10.1 Å². The van der Waals surface area contributed by atoms with Gasteiger partial charge in [-0.3, -0.25) is 9.10 Å². The molecule has 3 aromatic carbocycles. The topological polar surface area (TPSA) is 75.7 Å². The number of carbonyl (C=O) groups excluding carboxylic acids is 1. The molecule has 162 valence electrons. The van der Waals surface area contributed by atoms with Crippen molar-refractivity contribution in [1.29, 1.82) is 0 Å². The fourth-order valence-electron chi connectivity index (χ4n) is 3.17. The number of hydrogen-bond donors (Lipinski definition) is 1. The van der Waals surface area contributed by atoms with Crippen molar-refractivity contribution >= 4 is 21.6 Å². The maximum absolute atomic E-state index is 13.1. The smallest absolute Gasteiger partial charge is 0.264 e. The van der Waals surface area contributed by atoms with E-state index in [9.17, 15) is 13.2 Å². The molecule has 0 heterocycles. The van der Waals surface area contributed by atoms with Gasteiger partial charge in [-0.1, -0.05) is 30.3 Å². The maximum atomic E-state index is 13.1. The van der Waals surface area contributed by atoms with Gasteiger partial charge in [0, 0.05) is 12.6 Å². The molecule has 1 atom stereocenters. The fourth-order valence-corrected chi connectivity index (χ4v) is 4.41. The predicted molar refractivity (Wildman–Crippen MR) is 122 cm³/mol. The van der Waals surface area contributed by atoms with Crippen LogP contribution in [0.3, 0.4) is 0 Å². The molecule has 3 aromatic rings. The highest BCUT2D eigenvalue weighted by Gasteiger charge is 2.23. The van der Waals surface area contributed by atoms with E-state index >= 15 is 0 Å². The molecular formula is C24H26N2O4S. The van der Waals surface area contributed by atoms with E-state index in [1.807, 2.05) is 44.2 Å². The van der Waals surface area contributed by atoms with Crippen molar-refractivity contribution in [3.63, 3.8) is 0 Å². The molecule has 0 aliphatic heterocycles. The second-order valence-corrected chi connectivity index (χ2v) is 9.28. The van der Waals surface area contributed by atoms with Crippen molar-refractivity contribution in [3.05, 3.63) is 89.5 Å².